The minimum absolute atomic E-state index is 0.333. The van der Waals surface area contributed by atoms with Gasteiger partial charge in [0.2, 0.25) is 5.60 Å². The SMILES string of the molecule is CCOC(=O)[C@@](C)(CC)Oc1ccc(OCCc2ccc(-c3ccccc3)cc2)cc1. The second-order valence-corrected chi connectivity index (χ2v) is 7.54. The lowest BCUT2D eigenvalue weighted by Crippen LogP contribution is -2.42. The standard InChI is InChI=1S/C27H30O4/c1-4-27(3,26(28)29-5-2)31-25-17-15-24(16-18-25)30-20-19-21-11-13-23(14-12-21)22-9-7-6-8-10-22/h6-18H,4-5,19-20H2,1-3H3/t27-/m1/s1. The molecule has 0 saturated carbocycles. The molecule has 0 aromatic heterocycles. The van der Waals surface area contributed by atoms with Gasteiger partial charge in [0.1, 0.15) is 11.5 Å². The van der Waals surface area contributed by atoms with Crippen molar-refractivity contribution in [1.82, 2.24) is 0 Å². The van der Waals surface area contributed by atoms with Gasteiger partial charge in [0.05, 0.1) is 13.2 Å². The average Bonchev–Trinajstić information content (AvgIpc) is 2.81. The Morgan fingerprint density at radius 1 is 0.806 bits per heavy atom. The molecule has 0 aliphatic rings. The van der Waals surface area contributed by atoms with E-state index in [1.54, 1.807) is 13.8 Å². The normalized spacial score (nSPS) is 12.6. The molecule has 0 unspecified atom stereocenters. The van der Waals surface area contributed by atoms with Crippen LogP contribution >= 0.6 is 0 Å². The van der Waals surface area contributed by atoms with E-state index in [4.69, 9.17) is 14.2 Å². The second kappa shape index (κ2) is 10.7. The third-order valence-corrected chi connectivity index (χ3v) is 5.27. The molecule has 0 radical (unpaired) electrons. The molecular formula is C27H30O4. The Balaban J connectivity index is 1.51. The van der Waals surface area contributed by atoms with Gasteiger partial charge in [-0.1, -0.05) is 61.5 Å². The molecule has 0 bridgehead atoms. The van der Waals surface area contributed by atoms with E-state index in [9.17, 15) is 4.79 Å². The molecule has 0 saturated heterocycles. The van der Waals surface area contributed by atoms with Crippen LogP contribution in [-0.4, -0.2) is 24.8 Å². The Labute approximate surface area is 184 Å². The van der Waals surface area contributed by atoms with Crippen LogP contribution in [0.4, 0.5) is 0 Å². The summed E-state index contributed by atoms with van der Waals surface area (Å²) in [5, 5.41) is 0. The molecule has 0 N–H and O–H groups in total. The summed E-state index contributed by atoms with van der Waals surface area (Å²) in [5.74, 6) is 1.03. The van der Waals surface area contributed by atoms with Gasteiger partial charge < -0.3 is 14.2 Å². The fraction of sp³-hybridized carbons (Fsp3) is 0.296. The molecule has 0 aliphatic heterocycles. The van der Waals surface area contributed by atoms with Gasteiger partial charge in [-0.3, -0.25) is 0 Å². The Morgan fingerprint density at radius 2 is 1.42 bits per heavy atom. The highest BCUT2D eigenvalue weighted by Crippen LogP contribution is 2.25. The molecule has 162 valence electrons. The first-order chi connectivity index (χ1) is 15.0. The van der Waals surface area contributed by atoms with Gasteiger partial charge in [-0.15, -0.1) is 0 Å². The average molecular weight is 419 g/mol. The summed E-state index contributed by atoms with van der Waals surface area (Å²) in [4.78, 5) is 12.2. The first-order valence-electron chi connectivity index (χ1n) is 10.8. The molecule has 4 nitrogen and oxygen atoms in total. The molecular weight excluding hydrogens is 388 g/mol. The van der Waals surface area contributed by atoms with Crippen molar-refractivity contribution < 1.29 is 19.0 Å². The number of rotatable bonds is 10. The first kappa shape index (κ1) is 22.4. The van der Waals surface area contributed by atoms with Gasteiger partial charge in [0.15, 0.2) is 0 Å². The maximum Gasteiger partial charge on any atom is 0.350 e. The molecule has 3 rings (SSSR count). The van der Waals surface area contributed by atoms with Gasteiger partial charge in [-0.05, 0) is 61.2 Å². The smallest absolute Gasteiger partial charge is 0.350 e. The summed E-state index contributed by atoms with van der Waals surface area (Å²) < 4.78 is 16.9. The number of hydrogen-bond donors (Lipinski definition) is 0. The minimum Gasteiger partial charge on any atom is -0.493 e. The van der Waals surface area contributed by atoms with Crippen LogP contribution in [0.5, 0.6) is 11.5 Å². The zero-order valence-corrected chi connectivity index (χ0v) is 18.5. The number of carbonyl (C=O) groups is 1. The van der Waals surface area contributed by atoms with E-state index in [-0.39, 0.29) is 5.97 Å². The number of esters is 1. The summed E-state index contributed by atoms with van der Waals surface area (Å²) in [7, 11) is 0. The van der Waals surface area contributed by atoms with Crippen LogP contribution < -0.4 is 9.47 Å². The summed E-state index contributed by atoms with van der Waals surface area (Å²) in [6.45, 7) is 6.36. The lowest BCUT2D eigenvalue weighted by atomic mass is 10.0. The number of benzene rings is 3. The van der Waals surface area contributed by atoms with Crippen LogP contribution in [0.15, 0.2) is 78.9 Å². The highest BCUT2D eigenvalue weighted by atomic mass is 16.6. The molecule has 1 atom stereocenters. The Hall–Kier alpha value is -3.27. The van der Waals surface area contributed by atoms with Crippen molar-refractivity contribution in [2.24, 2.45) is 0 Å². The van der Waals surface area contributed by atoms with Gasteiger partial charge in [0.25, 0.3) is 0 Å². The van der Waals surface area contributed by atoms with Gasteiger partial charge in [-0.2, -0.15) is 0 Å². The topological polar surface area (TPSA) is 44.8 Å². The maximum absolute atomic E-state index is 12.2. The van der Waals surface area contributed by atoms with Crippen molar-refractivity contribution in [2.75, 3.05) is 13.2 Å². The van der Waals surface area contributed by atoms with E-state index in [0.717, 1.165) is 12.2 Å². The monoisotopic (exact) mass is 418 g/mol. The van der Waals surface area contributed by atoms with E-state index < -0.39 is 5.60 Å². The van der Waals surface area contributed by atoms with Crippen molar-refractivity contribution in [3.63, 3.8) is 0 Å². The zero-order chi connectivity index (χ0) is 22.1. The molecule has 0 aliphatic carbocycles. The van der Waals surface area contributed by atoms with E-state index in [1.165, 1.54) is 16.7 Å². The Kier molecular flexibility index (Phi) is 7.71. The van der Waals surface area contributed by atoms with E-state index in [1.807, 2.05) is 49.4 Å². The van der Waals surface area contributed by atoms with Gasteiger partial charge in [0, 0.05) is 6.42 Å². The number of hydrogen-bond acceptors (Lipinski definition) is 4. The van der Waals surface area contributed by atoms with E-state index in [0.29, 0.717) is 25.4 Å². The van der Waals surface area contributed by atoms with Crippen LogP contribution in [0, 0.1) is 0 Å². The quantitative estimate of drug-likeness (QED) is 0.374. The van der Waals surface area contributed by atoms with Crippen LogP contribution in [0.3, 0.4) is 0 Å². The summed E-state index contributed by atoms with van der Waals surface area (Å²) in [6.07, 6.45) is 1.34. The highest BCUT2D eigenvalue weighted by molar-refractivity contribution is 5.79. The second-order valence-electron chi connectivity index (χ2n) is 7.54. The number of carbonyl (C=O) groups excluding carboxylic acids is 1. The zero-order valence-electron chi connectivity index (χ0n) is 18.5. The summed E-state index contributed by atoms with van der Waals surface area (Å²) in [5.41, 5.74) is 2.66. The Bertz CT molecular complexity index is 949. The third kappa shape index (κ3) is 6.11. The molecule has 3 aromatic carbocycles. The molecule has 4 heteroatoms. The third-order valence-electron chi connectivity index (χ3n) is 5.27. The van der Waals surface area contributed by atoms with Crippen LogP contribution in [0.1, 0.15) is 32.8 Å². The molecule has 0 spiro atoms. The van der Waals surface area contributed by atoms with Crippen molar-refractivity contribution in [1.29, 1.82) is 0 Å². The molecule has 31 heavy (non-hydrogen) atoms. The van der Waals surface area contributed by atoms with E-state index >= 15 is 0 Å². The van der Waals surface area contributed by atoms with Crippen LogP contribution in [0.2, 0.25) is 0 Å². The summed E-state index contributed by atoms with van der Waals surface area (Å²) >= 11 is 0. The summed E-state index contributed by atoms with van der Waals surface area (Å²) in [6, 6.07) is 26.3. The lowest BCUT2D eigenvalue weighted by molar-refractivity contribution is -0.160. The van der Waals surface area contributed by atoms with Crippen molar-refractivity contribution in [3.8, 4) is 22.6 Å². The molecule has 0 heterocycles. The predicted octanol–water partition coefficient (Wildman–Crippen LogP) is 6.09. The van der Waals surface area contributed by atoms with Crippen LogP contribution in [-0.2, 0) is 16.0 Å². The first-order valence-corrected chi connectivity index (χ1v) is 10.8. The highest BCUT2D eigenvalue weighted by Gasteiger charge is 2.35. The predicted molar refractivity (Wildman–Crippen MR) is 123 cm³/mol. The lowest BCUT2D eigenvalue weighted by Gasteiger charge is -2.27. The molecule has 0 fully saturated rings. The van der Waals surface area contributed by atoms with Crippen molar-refractivity contribution in [2.45, 2.75) is 39.2 Å². The maximum atomic E-state index is 12.2. The van der Waals surface area contributed by atoms with Gasteiger partial charge >= 0.3 is 5.97 Å². The number of ether oxygens (including phenoxy) is 3. The van der Waals surface area contributed by atoms with Crippen LogP contribution in [0.25, 0.3) is 11.1 Å². The fourth-order valence-electron chi connectivity index (χ4n) is 3.19. The molecule has 3 aromatic rings. The fourth-order valence-corrected chi connectivity index (χ4v) is 3.19. The largest absolute Gasteiger partial charge is 0.493 e. The Morgan fingerprint density at radius 3 is 2.03 bits per heavy atom. The van der Waals surface area contributed by atoms with E-state index in [2.05, 4.69) is 36.4 Å². The molecule has 0 amide bonds. The minimum atomic E-state index is -0.996. The van der Waals surface area contributed by atoms with Crippen molar-refractivity contribution in [3.05, 3.63) is 84.4 Å². The van der Waals surface area contributed by atoms with Gasteiger partial charge in [-0.25, -0.2) is 4.79 Å². The van der Waals surface area contributed by atoms with Crippen molar-refractivity contribution >= 4 is 5.97 Å².